The van der Waals surface area contributed by atoms with Crippen LogP contribution in [0.4, 0.5) is 0 Å². The Labute approximate surface area is 129 Å². The Balaban J connectivity index is -0.000000653. The second-order valence-electron chi connectivity index (χ2n) is 3.46. The number of nitrogens with zero attached hydrogens (tertiary/aromatic N) is 3. The summed E-state index contributed by atoms with van der Waals surface area (Å²) in [7, 11) is 2.08. The maximum atomic E-state index is 8.69. The molecule has 0 aromatic rings. The van der Waals surface area contributed by atoms with Crippen LogP contribution < -0.4 is 24.8 Å². The van der Waals surface area contributed by atoms with Gasteiger partial charge in [-0.05, 0) is 25.0 Å². The monoisotopic (exact) mass is 325 g/mol. The van der Waals surface area contributed by atoms with E-state index in [1.54, 1.807) is 0 Å². The van der Waals surface area contributed by atoms with E-state index in [2.05, 4.69) is 30.6 Å². The Morgan fingerprint density at radius 1 is 1.29 bits per heavy atom. The van der Waals surface area contributed by atoms with E-state index in [0.29, 0.717) is 0 Å². The Morgan fingerprint density at radius 3 is 2.29 bits per heavy atom. The Bertz CT molecular complexity index is 334. The fraction of sp³-hybridized carbons (Fsp3) is 0.545. The molecule has 0 aromatic heterocycles. The van der Waals surface area contributed by atoms with Gasteiger partial charge in [-0.2, -0.15) is 4.79 Å². The molecule has 0 radical (unpaired) electrons. The summed E-state index contributed by atoms with van der Waals surface area (Å²) in [5, 5.41) is 0. The fourth-order valence-electron chi connectivity index (χ4n) is 1.60. The molecule has 0 aromatic carbocycles. The maximum absolute atomic E-state index is 8.69. The summed E-state index contributed by atoms with van der Waals surface area (Å²) in [5.41, 5.74) is 12.0. The van der Waals surface area contributed by atoms with Gasteiger partial charge in [0.15, 0.2) is 0 Å². The van der Waals surface area contributed by atoms with Crippen molar-refractivity contribution in [2.45, 2.75) is 26.7 Å². The van der Waals surface area contributed by atoms with Gasteiger partial charge in [0.1, 0.15) is 0 Å². The molecule has 92 valence electrons. The van der Waals surface area contributed by atoms with Gasteiger partial charge in [-0.3, -0.25) is 0 Å². The number of likely N-dealkylation sites (N-methyl/N-ethyl adjacent to an activating group) is 1. The zero-order valence-electron chi connectivity index (χ0n) is 10.6. The van der Waals surface area contributed by atoms with Crippen LogP contribution in [-0.4, -0.2) is 29.0 Å². The van der Waals surface area contributed by atoms with Crippen molar-refractivity contribution in [2.75, 3.05) is 13.6 Å². The average molecular weight is 328 g/mol. The van der Waals surface area contributed by atoms with Gasteiger partial charge >= 0.3 is 19.5 Å². The predicted octanol–water partition coefficient (Wildman–Crippen LogP) is -3.76. The van der Waals surface area contributed by atoms with Crippen molar-refractivity contribution in [1.29, 1.82) is 0 Å². The van der Waals surface area contributed by atoms with E-state index >= 15 is 0 Å². The molecule has 0 saturated heterocycles. The van der Waals surface area contributed by atoms with Crippen molar-refractivity contribution in [3.8, 4) is 0 Å². The van der Waals surface area contributed by atoms with Crippen LogP contribution in [0.25, 0.3) is 5.53 Å². The van der Waals surface area contributed by atoms with Gasteiger partial charge in [-0.1, -0.05) is 6.92 Å². The van der Waals surface area contributed by atoms with Gasteiger partial charge in [-0.25, -0.2) is 0 Å². The number of rotatable bonds is 3. The van der Waals surface area contributed by atoms with Gasteiger partial charge in [0, 0.05) is 25.4 Å². The van der Waals surface area contributed by atoms with Crippen LogP contribution in [-0.2, 0) is 19.5 Å². The normalized spacial score (nSPS) is 13.0. The first-order valence-corrected chi connectivity index (χ1v) is 5.05. The summed E-state index contributed by atoms with van der Waals surface area (Å²) >= 11 is 0. The summed E-state index contributed by atoms with van der Waals surface area (Å²) in [6, 6.07) is 0. The number of halogens is 2. The molecule has 0 amide bonds. The topological polar surface area (TPSA) is 39.6 Å². The molecular formula is C11H17Cl2N3Zn. The molecule has 0 saturated carbocycles. The zero-order valence-corrected chi connectivity index (χ0v) is 15.1. The molecule has 0 aliphatic heterocycles. The number of allylic oxidation sites excluding steroid dienone is 3. The van der Waals surface area contributed by atoms with E-state index in [1.807, 2.05) is 12.2 Å². The molecule has 3 nitrogen and oxygen atoms in total. The van der Waals surface area contributed by atoms with Crippen LogP contribution in [0.1, 0.15) is 26.7 Å². The van der Waals surface area contributed by atoms with E-state index in [0.717, 1.165) is 25.1 Å². The van der Waals surface area contributed by atoms with E-state index < -0.39 is 0 Å². The summed E-state index contributed by atoms with van der Waals surface area (Å²) in [6.07, 6.45) is 5.67. The third-order valence-electron chi connectivity index (χ3n) is 2.63. The third-order valence-corrected chi connectivity index (χ3v) is 2.63. The van der Waals surface area contributed by atoms with Crippen LogP contribution in [0, 0.1) is 0 Å². The SMILES string of the molecule is CCC1=C(N(C)CC)C=CC(=[N+]=[N-])C1.[Cl-].[Cl-].[Zn+2]. The van der Waals surface area contributed by atoms with Crippen molar-refractivity contribution >= 4 is 5.71 Å². The summed E-state index contributed by atoms with van der Waals surface area (Å²) in [5.74, 6) is 0. The first-order valence-electron chi connectivity index (χ1n) is 5.05. The first kappa shape index (κ1) is 22.1. The third kappa shape index (κ3) is 5.83. The van der Waals surface area contributed by atoms with Gasteiger partial charge in [0.25, 0.3) is 5.71 Å². The van der Waals surface area contributed by atoms with Crippen LogP contribution in [0.3, 0.4) is 0 Å². The zero-order chi connectivity index (χ0) is 10.6. The smallest absolute Gasteiger partial charge is 1.00 e. The second-order valence-corrected chi connectivity index (χ2v) is 3.46. The molecular weight excluding hydrogens is 310 g/mol. The summed E-state index contributed by atoms with van der Waals surface area (Å²) in [4.78, 5) is 5.45. The number of hydrogen-bond donors (Lipinski definition) is 0. The van der Waals surface area contributed by atoms with Crippen LogP contribution >= 0.6 is 0 Å². The van der Waals surface area contributed by atoms with Crippen molar-refractivity contribution in [1.82, 2.24) is 4.90 Å². The minimum Gasteiger partial charge on any atom is -1.00 e. The fourth-order valence-corrected chi connectivity index (χ4v) is 1.60. The van der Waals surface area contributed by atoms with Crippen molar-refractivity contribution < 1.29 is 49.1 Å². The molecule has 0 fully saturated rings. The Hall–Kier alpha value is -0.137. The number of hydrogen-bond acceptors (Lipinski definition) is 1. The summed E-state index contributed by atoms with van der Waals surface area (Å²) < 4.78 is 0. The molecule has 1 aliphatic carbocycles. The molecule has 0 spiro atoms. The quantitative estimate of drug-likeness (QED) is 0.298. The predicted molar refractivity (Wildman–Crippen MR) is 58.0 cm³/mol. The molecule has 0 N–H and O–H groups in total. The van der Waals surface area contributed by atoms with Gasteiger partial charge < -0.3 is 35.2 Å². The molecule has 6 heteroatoms. The maximum Gasteiger partial charge on any atom is 2.00 e. The van der Waals surface area contributed by atoms with Crippen molar-refractivity contribution in [2.24, 2.45) is 0 Å². The summed E-state index contributed by atoms with van der Waals surface area (Å²) in [6.45, 7) is 5.26. The van der Waals surface area contributed by atoms with Crippen molar-refractivity contribution in [3.05, 3.63) is 29.0 Å². The first-order chi connectivity index (χ1) is 6.72. The minimum absolute atomic E-state index is 0. The van der Waals surface area contributed by atoms with Crippen LogP contribution in [0.2, 0.25) is 0 Å². The van der Waals surface area contributed by atoms with Gasteiger partial charge in [-0.15, -0.1) is 0 Å². The van der Waals surface area contributed by atoms with E-state index in [9.17, 15) is 0 Å². The second kappa shape index (κ2) is 11.0. The molecule has 1 aliphatic rings. The minimum atomic E-state index is 0. The van der Waals surface area contributed by atoms with Crippen LogP contribution in [0.15, 0.2) is 23.4 Å². The van der Waals surface area contributed by atoms with Crippen molar-refractivity contribution in [3.63, 3.8) is 0 Å². The van der Waals surface area contributed by atoms with Crippen LogP contribution in [0.5, 0.6) is 0 Å². The average Bonchev–Trinajstić information content (AvgIpc) is 2.27. The molecule has 17 heavy (non-hydrogen) atoms. The molecule has 0 bridgehead atoms. The van der Waals surface area contributed by atoms with Gasteiger partial charge in [0.2, 0.25) is 0 Å². The Morgan fingerprint density at radius 2 is 1.88 bits per heavy atom. The largest absolute Gasteiger partial charge is 2.00 e. The van der Waals surface area contributed by atoms with E-state index in [1.165, 1.54) is 11.3 Å². The molecule has 0 atom stereocenters. The van der Waals surface area contributed by atoms with E-state index in [4.69, 9.17) is 5.53 Å². The molecule has 0 heterocycles. The molecule has 0 unspecified atom stereocenters. The standard InChI is InChI=1S/C11H17N3.2ClH.Zn/c1-4-9-8-10(13-12)6-7-11(9)14(3)5-2;;;/h6-7H,4-5,8H2,1-3H3;2*1H;/q;;;+2/p-2. The van der Waals surface area contributed by atoms with Gasteiger partial charge in [0.05, 0.1) is 6.42 Å². The molecule has 1 rings (SSSR count). The van der Waals surface area contributed by atoms with E-state index in [-0.39, 0.29) is 44.3 Å². The Kier molecular flexibility index (Phi) is 14.3.